The van der Waals surface area contributed by atoms with Crippen LogP contribution in [0, 0.1) is 11.8 Å². The first kappa shape index (κ1) is 19.0. The second-order valence-electron chi connectivity index (χ2n) is 6.44. The molecule has 0 aromatic rings. The maximum atomic E-state index is 9.49. The van der Waals surface area contributed by atoms with Crippen molar-refractivity contribution in [2.45, 2.75) is 97.8 Å². The summed E-state index contributed by atoms with van der Waals surface area (Å²) in [5.41, 5.74) is 0. The summed E-state index contributed by atoms with van der Waals surface area (Å²) in [6.07, 6.45) is 16.0. The van der Waals surface area contributed by atoms with Crippen LogP contribution in [0.2, 0.25) is 0 Å². The Balaban J connectivity index is 3.55. The number of aliphatic hydroxyl groups excluding tert-OH is 1. The molecule has 0 saturated heterocycles. The van der Waals surface area contributed by atoms with E-state index >= 15 is 0 Å². The van der Waals surface area contributed by atoms with Crippen LogP contribution in [0.5, 0.6) is 0 Å². The van der Waals surface area contributed by atoms with Crippen molar-refractivity contribution in [2.24, 2.45) is 11.8 Å². The number of hydrogen-bond acceptors (Lipinski definition) is 1. The van der Waals surface area contributed by atoms with E-state index in [0.29, 0.717) is 12.5 Å². The van der Waals surface area contributed by atoms with E-state index in [-0.39, 0.29) is 0 Å². The zero-order valence-electron chi connectivity index (χ0n) is 13.8. The summed E-state index contributed by atoms with van der Waals surface area (Å²) in [5.74, 6) is 1.35. The summed E-state index contributed by atoms with van der Waals surface area (Å²) in [5, 5.41) is 9.49. The molecular weight excluding hydrogens is 232 g/mol. The highest BCUT2D eigenvalue weighted by atomic mass is 16.3. The third-order valence-electron chi connectivity index (χ3n) is 4.26. The van der Waals surface area contributed by atoms with Crippen LogP contribution < -0.4 is 0 Å². The largest absolute Gasteiger partial charge is 0.396 e. The molecule has 19 heavy (non-hydrogen) atoms. The Morgan fingerprint density at radius 2 is 1.26 bits per heavy atom. The van der Waals surface area contributed by atoms with E-state index < -0.39 is 0 Å². The number of unbranched alkanes of at least 4 members (excludes halogenated alkanes) is 7. The molecule has 0 spiro atoms. The first-order chi connectivity index (χ1) is 9.24. The molecule has 0 saturated carbocycles. The van der Waals surface area contributed by atoms with Gasteiger partial charge in [0, 0.05) is 6.61 Å². The molecule has 1 nitrogen and oxygen atoms in total. The summed E-state index contributed by atoms with van der Waals surface area (Å²) in [6, 6.07) is 0. The Kier molecular flexibility index (Phi) is 14.3. The van der Waals surface area contributed by atoms with Crippen molar-refractivity contribution in [3.63, 3.8) is 0 Å². The highest BCUT2D eigenvalue weighted by Gasteiger charge is 2.12. The summed E-state index contributed by atoms with van der Waals surface area (Å²) < 4.78 is 0. The van der Waals surface area contributed by atoms with E-state index in [4.69, 9.17) is 0 Å². The minimum absolute atomic E-state index is 0.396. The predicted octanol–water partition coefficient (Wildman–Crippen LogP) is 5.95. The third kappa shape index (κ3) is 12.7. The lowest BCUT2D eigenvalue weighted by atomic mass is 9.88. The molecule has 0 heterocycles. The lowest BCUT2D eigenvalue weighted by Crippen LogP contribution is -2.11. The molecule has 0 bridgehead atoms. The van der Waals surface area contributed by atoms with E-state index in [2.05, 4.69) is 20.8 Å². The predicted molar refractivity (Wildman–Crippen MR) is 86.5 cm³/mol. The fourth-order valence-electron chi connectivity index (χ4n) is 2.93. The summed E-state index contributed by atoms with van der Waals surface area (Å²) in [4.78, 5) is 0. The second-order valence-corrected chi connectivity index (χ2v) is 6.44. The standard InChI is InChI=1S/C18H38O/c1-4-6-8-10-12-14-18(16-19)15-17(3)13-11-9-7-5-2/h17-19H,4-16H2,1-3H3. The molecule has 0 aliphatic heterocycles. The highest BCUT2D eigenvalue weighted by Crippen LogP contribution is 2.22. The molecule has 0 rings (SSSR count). The van der Waals surface area contributed by atoms with Gasteiger partial charge in [-0.2, -0.15) is 0 Å². The average Bonchev–Trinajstić information content (AvgIpc) is 2.42. The number of aliphatic hydroxyl groups is 1. The van der Waals surface area contributed by atoms with E-state index in [1.54, 1.807) is 0 Å². The lowest BCUT2D eigenvalue weighted by molar-refractivity contribution is 0.189. The minimum atomic E-state index is 0.396. The molecular formula is C18H38O. The van der Waals surface area contributed by atoms with Gasteiger partial charge in [0.15, 0.2) is 0 Å². The molecule has 116 valence electrons. The molecule has 0 aliphatic rings. The molecule has 0 aromatic heterocycles. The van der Waals surface area contributed by atoms with Crippen LogP contribution >= 0.6 is 0 Å². The van der Waals surface area contributed by atoms with Gasteiger partial charge < -0.3 is 5.11 Å². The van der Waals surface area contributed by atoms with Crippen LogP contribution in [0.1, 0.15) is 97.8 Å². The normalized spacial score (nSPS) is 14.5. The molecule has 0 radical (unpaired) electrons. The van der Waals surface area contributed by atoms with E-state index in [9.17, 15) is 5.11 Å². The molecule has 0 aliphatic carbocycles. The van der Waals surface area contributed by atoms with Crippen molar-refractivity contribution in [3.8, 4) is 0 Å². The van der Waals surface area contributed by atoms with Gasteiger partial charge in [0.05, 0.1) is 0 Å². The highest BCUT2D eigenvalue weighted by molar-refractivity contribution is 4.64. The van der Waals surface area contributed by atoms with Gasteiger partial charge in [0.1, 0.15) is 0 Å². The van der Waals surface area contributed by atoms with Gasteiger partial charge in [-0.3, -0.25) is 0 Å². The van der Waals surface area contributed by atoms with Crippen molar-refractivity contribution in [1.82, 2.24) is 0 Å². The Morgan fingerprint density at radius 3 is 1.84 bits per heavy atom. The minimum Gasteiger partial charge on any atom is -0.396 e. The van der Waals surface area contributed by atoms with Gasteiger partial charge in [-0.05, 0) is 24.7 Å². The van der Waals surface area contributed by atoms with E-state index in [1.807, 2.05) is 0 Å². The number of rotatable bonds is 14. The zero-order valence-corrected chi connectivity index (χ0v) is 13.8. The smallest absolute Gasteiger partial charge is 0.0459 e. The van der Waals surface area contributed by atoms with Crippen molar-refractivity contribution >= 4 is 0 Å². The van der Waals surface area contributed by atoms with Crippen molar-refractivity contribution < 1.29 is 5.11 Å². The third-order valence-corrected chi connectivity index (χ3v) is 4.26. The van der Waals surface area contributed by atoms with Gasteiger partial charge in [-0.25, -0.2) is 0 Å². The maximum absolute atomic E-state index is 9.49. The van der Waals surface area contributed by atoms with Crippen LogP contribution in [0.4, 0.5) is 0 Å². The van der Waals surface area contributed by atoms with Crippen LogP contribution in [0.3, 0.4) is 0 Å². The summed E-state index contributed by atoms with van der Waals surface area (Å²) >= 11 is 0. The molecule has 2 atom stereocenters. The monoisotopic (exact) mass is 270 g/mol. The lowest BCUT2D eigenvalue weighted by Gasteiger charge is -2.19. The Labute approximate surface area is 122 Å². The SMILES string of the molecule is CCCCCCCC(CO)CC(C)CCCCCC. The number of hydrogen-bond donors (Lipinski definition) is 1. The first-order valence-corrected chi connectivity index (χ1v) is 8.85. The Morgan fingerprint density at radius 1 is 0.737 bits per heavy atom. The Bertz CT molecular complexity index is 167. The van der Waals surface area contributed by atoms with Crippen molar-refractivity contribution in [2.75, 3.05) is 6.61 Å². The molecule has 1 N–H and O–H groups in total. The summed E-state index contributed by atoms with van der Waals surface area (Å²) in [6.45, 7) is 7.29. The van der Waals surface area contributed by atoms with Crippen molar-refractivity contribution in [3.05, 3.63) is 0 Å². The van der Waals surface area contributed by atoms with Gasteiger partial charge in [0.25, 0.3) is 0 Å². The molecule has 2 unspecified atom stereocenters. The van der Waals surface area contributed by atoms with E-state index in [0.717, 1.165) is 5.92 Å². The fourth-order valence-corrected chi connectivity index (χ4v) is 2.93. The molecule has 0 aromatic carbocycles. The zero-order chi connectivity index (χ0) is 14.3. The maximum Gasteiger partial charge on any atom is 0.0459 e. The van der Waals surface area contributed by atoms with Crippen molar-refractivity contribution in [1.29, 1.82) is 0 Å². The topological polar surface area (TPSA) is 20.2 Å². The van der Waals surface area contributed by atoms with Gasteiger partial charge in [-0.1, -0.05) is 85.0 Å². The van der Waals surface area contributed by atoms with E-state index in [1.165, 1.54) is 77.0 Å². The second kappa shape index (κ2) is 14.4. The van der Waals surface area contributed by atoms with Crippen LogP contribution in [0.25, 0.3) is 0 Å². The first-order valence-electron chi connectivity index (χ1n) is 8.85. The average molecular weight is 271 g/mol. The van der Waals surface area contributed by atoms with Gasteiger partial charge in [-0.15, -0.1) is 0 Å². The van der Waals surface area contributed by atoms with Gasteiger partial charge in [0.2, 0.25) is 0 Å². The summed E-state index contributed by atoms with van der Waals surface area (Å²) in [7, 11) is 0. The molecule has 1 heteroatoms. The van der Waals surface area contributed by atoms with Crippen LogP contribution in [0.15, 0.2) is 0 Å². The van der Waals surface area contributed by atoms with Gasteiger partial charge >= 0.3 is 0 Å². The Hall–Kier alpha value is -0.0400. The molecule has 0 amide bonds. The molecule has 0 fully saturated rings. The van der Waals surface area contributed by atoms with Crippen LogP contribution in [-0.4, -0.2) is 11.7 Å². The quantitative estimate of drug-likeness (QED) is 0.387. The van der Waals surface area contributed by atoms with Crippen LogP contribution in [-0.2, 0) is 0 Å². The fraction of sp³-hybridized carbons (Fsp3) is 1.00.